The third kappa shape index (κ3) is 7.12. The number of amides is 1. The molecule has 0 rings (SSSR count). The summed E-state index contributed by atoms with van der Waals surface area (Å²) in [5.41, 5.74) is -0.735. The fourth-order valence-corrected chi connectivity index (χ4v) is 0.543. The van der Waals surface area contributed by atoms with Crippen LogP contribution in [0.25, 0.3) is 0 Å². The Morgan fingerprint density at radius 2 is 2.18 bits per heavy atom. The summed E-state index contributed by atoms with van der Waals surface area (Å²) in [6.07, 6.45) is 0.0523. The number of aliphatic hydroxyl groups is 1. The monoisotopic (exact) mass is 161 g/mol. The molecular weight excluding hydrogens is 146 g/mol. The van der Waals surface area contributed by atoms with Gasteiger partial charge in [0.25, 0.3) is 0 Å². The van der Waals surface area contributed by atoms with Crippen molar-refractivity contribution in [2.24, 2.45) is 0 Å². The summed E-state index contributed by atoms with van der Waals surface area (Å²) in [7, 11) is 1.30. The van der Waals surface area contributed by atoms with Gasteiger partial charge in [-0.2, -0.15) is 0 Å². The molecule has 1 amide bonds. The average molecular weight is 161 g/mol. The van der Waals surface area contributed by atoms with Gasteiger partial charge in [0.05, 0.1) is 12.7 Å². The molecule has 0 fully saturated rings. The molecule has 0 aromatic carbocycles. The minimum atomic E-state index is -0.735. The van der Waals surface area contributed by atoms with Gasteiger partial charge in [-0.25, -0.2) is 4.79 Å². The highest BCUT2D eigenvalue weighted by molar-refractivity contribution is 5.66. The van der Waals surface area contributed by atoms with Crippen molar-refractivity contribution in [1.82, 2.24) is 5.32 Å². The maximum atomic E-state index is 10.5. The van der Waals surface area contributed by atoms with Crippen molar-refractivity contribution >= 4 is 6.09 Å². The Labute approximate surface area is 66.5 Å². The molecule has 0 atom stereocenters. The third-order valence-electron chi connectivity index (χ3n) is 1.19. The van der Waals surface area contributed by atoms with E-state index in [4.69, 9.17) is 0 Å². The van der Waals surface area contributed by atoms with Gasteiger partial charge in [0, 0.05) is 6.54 Å². The van der Waals surface area contributed by atoms with Crippen LogP contribution in [-0.4, -0.2) is 30.5 Å². The van der Waals surface area contributed by atoms with E-state index in [2.05, 4.69) is 10.1 Å². The van der Waals surface area contributed by atoms with Gasteiger partial charge in [-0.1, -0.05) is 0 Å². The quantitative estimate of drug-likeness (QED) is 0.633. The molecule has 0 aliphatic heterocycles. The Hall–Kier alpha value is -0.770. The summed E-state index contributed by atoms with van der Waals surface area (Å²) < 4.78 is 4.33. The van der Waals surface area contributed by atoms with Crippen molar-refractivity contribution in [2.45, 2.75) is 25.9 Å². The Morgan fingerprint density at radius 1 is 1.64 bits per heavy atom. The summed E-state index contributed by atoms with van der Waals surface area (Å²) in [6, 6.07) is 0. The largest absolute Gasteiger partial charge is 0.453 e. The van der Waals surface area contributed by atoms with Crippen LogP contribution >= 0.6 is 0 Å². The van der Waals surface area contributed by atoms with Crippen molar-refractivity contribution in [1.29, 1.82) is 0 Å². The number of carbonyl (C=O) groups excluding carboxylic acids is 1. The summed E-state index contributed by atoms with van der Waals surface area (Å²) in [6.45, 7) is 3.80. The average Bonchev–Trinajstić information content (AvgIpc) is 1.85. The molecule has 0 saturated heterocycles. The van der Waals surface area contributed by atoms with Crippen LogP contribution in [0.5, 0.6) is 0 Å². The first-order valence-corrected chi connectivity index (χ1v) is 3.50. The van der Waals surface area contributed by atoms with E-state index in [9.17, 15) is 9.90 Å². The van der Waals surface area contributed by atoms with E-state index >= 15 is 0 Å². The number of methoxy groups -OCH3 is 1. The highest BCUT2D eigenvalue weighted by atomic mass is 16.5. The Balaban J connectivity index is 3.35. The molecule has 0 radical (unpaired) electrons. The number of ether oxygens (including phenoxy) is 1. The number of hydrogen-bond acceptors (Lipinski definition) is 3. The van der Waals surface area contributed by atoms with Gasteiger partial charge >= 0.3 is 6.09 Å². The predicted octanol–water partition coefficient (Wildman–Crippen LogP) is 0.503. The van der Waals surface area contributed by atoms with Gasteiger partial charge in [-0.15, -0.1) is 0 Å². The van der Waals surface area contributed by atoms with Crippen LogP contribution in [0.15, 0.2) is 0 Å². The Morgan fingerprint density at radius 3 is 2.55 bits per heavy atom. The van der Waals surface area contributed by atoms with Gasteiger partial charge in [-0.3, -0.25) is 0 Å². The normalized spacial score (nSPS) is 10.9. The van der Waals surface area contributed by atoms with Crippen LogP contribution < -0.4 is 5.32 Å². The lowest BCUT2D eigenvalue weighted by molar-refractivity contribution is 0.0708. The maximum absolute atomic E-state index is 10.5. The number of hydrogen-bond donors (Lipinski definition) is 2. The fraction of sp³-hybridized carbons (Fsp3) is 0.857. The molecule has 66 valence electrons. The number of alkyl carbamates (subject to hydrolysis) is 1. The Kier molecular flexibility index (Phi) is 3.89. The van der Waals surface area contributed by atoms with Crippen molar-refractivity contribution in [2.75, 3.05) is 13.7 Å². The number of rotatable bonds is 3. The molecule has 0 unspecified atom stereocenters. The second kappa shape index (κ2) is 4.18. The lowest BCUT2D eigenvalue weighted by atomic mass is 10.1. The van der Waals surface area contributed by atoms with E-state index in [-0.39, 0.29) is 0 Å². The molecule has 4 heteroatoms. The third-order valence-corrected chi connectivity index (χ3v) is 1.19. The van der Waals surface area contributed by atoms with Gasteiger partial charge in [-0.05, 0) is 20.3 Å². The first-order chi connectivity index (χ1) is 4.95. The zero-order valence-corrected chi connectivity index (χ0v) is 7.18. The minimum Gasteiger partial charge on any atom is -0.453 e. The highest BCUT2D eigenvalue weighted by Crippen LogP contribution is 2.04. The molecule has 4 nitrogen and oxygen atoms in total. The smallest absolute Gasteiger partial charge is 0.406 e. The Bertz CT molecular complexity index is 128. The van der Waals surface area contributed by atoms with Crippen LogP contribution in [0.2, 0.25) is 0 Å². The second-order valence-electron chi connectivity index (χ2n) is 2.98. The van der Waals surface area contributed by atoms with E-state index in [1.54, 1.807) is 13.8 Å². The maximum Gasteiger partial charge on any atom is 0.406 e. The predicted molar refractivity (Wildman–Crippen MR) is 41.3 cm³/mol. The molecule has 0 aromatic rings. The zero-order valence-electron chi connectivity index (χ0n) is 7.18. The SMILES string of the molecule is COC(=O)NCCC(C)(C)O. The summed E-state index contributed by atoms with van der Waals surface area (Å²) in [5, 5.41) is 11.7. The number of carbonyl (C=O) groups is 1. The first-order valence-electron chi connectivity index (χ1n) is 3.50. The standard InChI is InChI=1S/C7H15NO3/c1-7(2,10)4-5-8-6(9)11-3/h10H,4-5H2,1-3H3,(H,8,9). The van der Waals surface area contributed by atoms with E-state index in [0.29, 0.717) is 13.0 Å². The lowest BCUT2D eigenvalue weighted by Crippen LogP contribution is -2.30. The number of nitrogens with one attached hydrogen (secondary N) is 1. The highest BCUT2D eigenvalue weighted by Gasteiger charge is 2.11. The molecule has 0 aliphatic rings. The van der Waals surface area contributed by atoms with Crippen LogP contribution in [0.4, 0.5) is 4.79 Å². The van der Waals surface area contributed by atoms with E-state index in [0.717, 1.165) is 0 Å². The van der Waals surface area contributed by atoms with Crippen LogP contribution in [0.3, 0.4) is 0 Å². The van der Waals surface area contributed by atoms with E-state index in [1.165, 1.54) is 7.11 Å². The van der Waals surface area contributed by atoms with Gasteiger partial charge < -0.3 is 15.2 Å². The van der Waals surface area contributed by atoms with Gasteiger partial charge in [0.2, 0.25) is 0 Å². The van der Waals surface area contributed by atoms with Crippen molar-refractivity contribution in [3.05, 3.63) is 0 Å². The zero-order chi connectivity index (χ0) is 8.91. The molecule has 0 aromatic heterocycles. The molecule has 0 heterocycles. The van der Waals surface area contributed by atoms with Crippen LogP contribution in [0.1, 0.15) is 20.3 Å². The fourth-order valence-electron chi connectivity index (χ4n) is 0.543. The van der Waals surface area contributed by atoms with Crippen molar-refractivity contribution < 1.29 is 14.6 Å². The van der Waals surface area contributed by atoms with Crippen LogP contribution in [-0.2, 0) is 4.74 Å². The summed E-state index contributed by atoms with van der Waals surface area (Å²) in [4.78, 5) is 10.5. The van der Waals surface area contributed by atoms with Gasteiger partial charge in [0.1, 0.15) is 0 Å². The topological polar surface area (TPSA) is 58.6 Å². The minimum absolute atomic E-state index is 0.427. The van der Waals surface area contributed by atoms with E-state index < -0.39 is 11.7 Å². The van der Waals surface area contributed by atoms with E-state index in [1.807, 2.05) is 0 Å². The van der Waals surface area contributed by atoms with Gasteiger partial charge in [0.15, 0.2) is 0 Å². The second-order valence-corrected chi connectivity index (χ2v) is 2.98. The molecule has 2 N–H and O–H groups in total. The summed E-state index contributed by atoms with van der Waals surface area (Å²) >= 11 is 0. The molecule has 0 spiro atoms. The van der Waals surface area contributed by atoms with Crippen LogP contribution in [0, 0.1) is 0 Å². The molecule has 0 saturated carbocycles. The first kappa shape index (κ1) is 10.2. The molecular formula is C7H15NO3. The lowest BCUT2D eigenvalue weighted by Gasteiger charge is -2.16. The van der Waals surface area contributed by atoms with Crippen molar-refractivity contribution in [3.63, 3.8) is 0 Å². The molecule has 0 aliphatic carbocycles. The molecule has 11 heavy (non-hydrogen) atoms. The van der Waals surface area contributed by atoms with Crippen molar-refractivity contribution in [3.8, 4) is 0 Å². The molecule has 0 bridgehead atoms. The summed E-state index contributed by atoms with van der Waals surface area (Å²) in [5.74, 6) is 0.